The number of nitrogens with one attached hydrogen (secondary N) is 1. The highest BCUT2D eigenvalue weighted by atomic mass is 32.1. The number of thiophene rings is 1. The molecular formula is C11H13N3OS2. The van der Waals surface area contributed by atoms with E-state index < -0.39 is 0 Å². The summed E-state index contributed by atoms with van der Waals surface area (Å²) in [6.45, 7) is 4.13. The van der Waals surface area contributed by atoms with Crippen molar-refractivity contribution in [2.24, 2.45) is 0 Å². The van der Waals surface area contributed by atoms with Gasteiger partial charge in [-0.05, 0) is 17.4 Å². The molecule has 1 amide bonds. The van der Waals surface area contributed by atoms with Crippen molar-refractivity contribution in [1.82, 2.24) is 4.98 Å². The Kier molecular flexibility index (Phi) is 3.44. The Morgan fingerprint density at radius 1 is 1.47 bits per heavy atom. The van der Waals surface area contributed by atoms with Gasteiger partial charge in [-0.1, -0.05) is 13.8 Å². The first kappa shape index (κ1) is 12.1. The molecule has 0 fully saturated rings. The molecule has 3 N–H and O–H groups in total. The van der Waals surface area contributed by atoms with Gasteiger partial charge >= 0.3 is 0 Å². The van der Waals surface area contributed by atoms with Crippen molar-refractivity contribution in [3.63, 3.8) is 0 Å². The van der Waals surface area contributed by atoms with Crippen LogP contribution in [0.5, 0.6) is 0 Å². The molecule has 0 unspecified atom stereocenters. The van der Waals surface area contributed by atoms with Gasteiger partial charge in [-0.25, -0.2) is 4.98 Å². The number of hydrogen-bond donors (Lipinski definition) is 2. The molecule has 0 aliphatic rings. The van der Waals surface area contributed by atoms with Crippen molar-refractivity contribution in [3.8, 4) is 0 Å². The fourth-order valence-electron chi connectivity index (χ4n) is 1.27. The normalized spacial score (nSPS) is 10.8. The Morgan fingerprint density at radius 2 is 2.24 bits per heavy atom. The largest absolute Gasteiger partial charge is 0.397 e. The minimum atomic E-state index is -0.192. The first-order chi connectivity index (χ1) is 8.08. The molecule has 2 rings (SSSR count). The monoisotopic (exact) mass is 267 g/mol. The van der Waals surface area contributed by atoms with Crippen molar-refractivity contribution in [3.05, 3.63) is 27.4 Å². The SMILES string of the molecule is CC(C)c1csc(NC(=O)c2sccc2N)n1. The highest BCUT2D eigenvalue weighted by Gasteiger charge is 2.13. The van der Waals surface area contributed by atoms with E-state index in [0.717, 1.165) is 5.69 Å². The van der Waals surface area contributed by atoms with Gasteiger partial charge in [0, 0.05) is 5.38 Å². The van der Waals surface area contributed by atoms with E-state index in [9.17, 15) is 4.79 Å². The lowest BCUT2D eigenvalue weighted by Gasteiger charge is -2.00. The fraction of sp³-hybridized carbons (Fsp3) is 0.273. The first-order valence-corrected chi connectivity index (χ1v) is 6.93. The fourth-order valence-corrected chi connectivity index (χ4v) is 2.85. The number of rotatable bonds is 3. The summed E-state index contributed by atoms with van der Waals surface area (Å²) >= 11 is 2.76. The molecule has 0 aliphatic heterocycles. The maximum absolute atomic E-state index is 11.9. The molecule has 0 radical (unpaired) electrons. The molecule has 90 valence electrons. The van der Waals surface area contributed by atoms with Gasteiger partial charge in [0.2, 0.25) is 0 Å². The minimum absolute atomic E-state index is 0.192. The van der Waals surface area contributed by atoms with Crippen LogP contribution in [0.1, 0.15) is 35.1 Å². The second-order valence-electron chi connectivity index (χ2n) is 3.89. The molecule has 0 atom stereocenters. The Bertz CT molecular complexity index is 530. The van der Waals surface area contributed by atoms with Crippen LogP contribution < -0.4 is 11.1 Å². The van der Waals surface area contributed by atoms with E-state index in [2.05, 4.69) is 24.1 Å². The summed E-state index contributed by atoms with van der Waals surface area (Å²) in [7, 11) is 0. The van der Waals surface area contributed by atoms with Crippen molar-refractivity contribution in [2.45, 2.75) is 19.8 Å². The van der Waals surface area contributed by atoms with Crippen LogP contribution in [-0.4, -0.2) is 10.9 Å². The van der Waals surface area contributed by atoms with Crippen LogP contribution in [0.4, 0.5) is 10.8 Å². The Balaban J connectivity index is 2.11. The number of anilines is 2. The Hall–Kier alpha value is -1.40. The third-order valence-electron chi connectivity index (χ3n) is 2.24. The average Bonchev–Trinajstić information content (AvgIpc) is 2.86. The second kappa shape index (κ2) is 4.85. The number of carbonyl (C=O) groups is 1. The van der Waals surface area contributed by atoms with Crippen molar-refractivity contribution >= 4 is 39.4 Å². The smallest absolute Gasteiger partial charge is 0.269 e. The molecule has 2 aromatic heterocycles. The summed E-state index contributed by atoms with van der Waals surface area (Å²) in [6, 6.07) is 1.72. The lowest BCUT2D eigenvalue weighted by Crippen LogP contribution is -2.11. The van der Waals surface area contributed by atoms with Crippen LogP contribution in [0.25, 0.3) is 0 Å². The summed E-state index contributed by atoms with van der Waals surface area (Å²) in [6.07, 6.45) is 0. The highest BCUT2D eigenvalue weighted by Crippen LogP contribution is 2.24. The number of aromatic nitrogens is 1. The van der Waals surface area contributed by atoms with E-state index in [1.54, 1.807) is 11.4 Å². The molecule has 2 aromatic rings. The zero-order valence-electron chi connectivity index (χ0n) is 9.56. The van der Waals surface area contributed by atoms with E-state index >= 15 is 0 Å². The number of nitrogens with zero attached hydrogens (tertiary/aromatic N) is 1. The minimum Gasteiger partial charge on any atom is -0.397 e. The number of amides is 1. The molecule has 0 bridgehead atoms. The predicted octanol–water partition coefficient (Wildman–Crippen LogP) is 3.16. The third-order valence-corrected chi connectivity index (χ3v) is 3.94. The second-order valence-corrected chi connectivity index (χ2v) is 5.67. The van der Waals surface area contributed by atoms with Gasteiger partial charge in [-0.2, -0.15) is 0 Å². The van der Waals surface area contributed by atoms with Crippen LogP contribution in [-0.2, 0) is 0 Å². The number of carbonyl (C=O) groups excluding carboxylic acids is 1. The van der Waals surface area contributed by atoms with E-state index in [1.807, 2.05) is 5.38 Å². The molecule has 0 saturated heterocycles. The quantitative estimate of drug-likeness (QED) is 0.897. The van der Waals surface area contributed by atoms with Crippen LogP contribution in [0, 0.1) is 0 Å². The standard InChI is InChI=1S/C11H13N3OS2/c1-6(2)8-5-17-11(13-8)14-10(15)9-7(12)3-4-16-9/h3-6H,12H2,1-2H3,(H,13,14,15). The lowest BCUT2D eigenvalue weighted by molar-refractivity contribution is 0.103. The summed E-state index contributed by atoms with van der Waals surface area (Å²) in [5.41, 5.74) is 7.18. The van der Waals surface area contributed by atoms with Gasteiger partial charge in [0.25, 0.3) is 5.91 Å². The van der Waals surface area contributed by atoms with Crippen LogP contribution >= 0.6 is 22.7 Å². The first-order valence-electron chi connectivity index (χ1n) is 5.17. The number of thiazole rings is 1. The van der Waals surface area contributed by atoms with Gasteiger partial charge < -0.3 is 5.73 Å². The summed E-state index contributed by atoms with van der Waals surface area (Å²) < 4.78 is 0. The maximum atomic E-state index is 11.9. The maximum Gasteiger partial charge on any atom is 0.269 e. The zero-order chi connectivity index (χ0) is 12.4. The topological polar surface area (TPSA) is 68.0 Å². The average molecular weight is 267 g/mol. The molecule has 6 heteroatoms. The molecule has 0 saturated carbocycles. The molecule has 4 nitrogen and oxygen atoms in total. The van der Waals surface area contributed by atoms with Crippen molar-refractivity contribution < 1.29 is 4.79 Å². The van der Waals surface area contributed by atoms with Crippen LogP contribution in [0.3, 0.4) is 0 Å². The van der Waals surface area contributed by atoms with Gasteiger partial charge in [0.05, 0.1) is 11.4 Å². The Labute approximate surface area is 107 Å². The van der Waals surface area contributed by atoms with Crippen LogP contribution in [0.15, 0.2) is 16.8 Å². The lowest BCUT2D eigenvalue weighted by atomic mass is 10.2. The molecular weight excluding hydrogens is 254 g/mol. The van der Waals surface area contributed by atoms with E-state index in [-0.39, 0.29) is 5.91 Å². The number of hydrogen-bond acceptors (Lipinski definition) is 5. The zero-order valence-corrected chi connectivity index (χ0v) is 11.2. The van der Waals surface area contributed by atoms with E-state index in [1.165, 1.54) is 22.7 Å². The number of nitrogens with two attached hydrogens (primary N) is 1. The molecule has 0 spiro atoms. The number of nitrogen functional groups attached to an aromatic ring is 1. The summed E-state index contributed by atoms with van der Waals surface area (Å²) in [5, 5.41) is 7.13. The molecule has 0 aliphatic carbocycles. The van der Waals surface area contributed by atoms with Crippen LogP contribution in [0.2, 0.25) is 0 Å². The van der Waals surface area contributed by atoms with Gasteiger partial charge in [-0.3, -0.25) is 10.1 Å². The summed E-state index contributed by atoms with van der Waals surface area (Å²) in [5.74, 6) is 0.172. The Morgan fingerprint density at radius 3 is 2.76 bits per heavy atom. The highest BCUT2D eigenvalue weighted by molar-refractivity contribution is 7.14. The molecule has 0 aromatic carbocycles. The molecule has 2 heterocycles. The van der Waals surface area contributed by atoms with Gasteiger partial charge in [-0.15, -0.1) is 22.7 Å². The van der Waals surface area contributed by atoms with E-state index in [0.29, 0.717) is 21.6 Å². The predicted molar refractivity (Wildman–Crippen MR) is 72.9 cm³/mol. The molecule has 17 heavy (non-hydrogen) atoms. The van der Waals surface area contributed by atoms with Gasteiger partial charge in [0.15, 0.2) is 5.13 Å². The van der Waals surface area contributed by atoms with E-state index in [4.69, 9.17) is 5.73 Å². The van der Waals surface area contributed by atoms with Crippen molar-refractivity contribution in [2.75, 3.05) is 11.1 Å². The van der Waals surface area contributed by atoms with Gasteiger partial charge in [0.1, 0.15) is 4.88 Å². The third kappa shape index (κ3) is 2.65. The van der Waals surface area contributed by atoms with Crippen molar-refractivity contribution in [1.29, 1.82) is 0 Å². The summed E-state index contributed by atoms with van der Waals surface area (Å²) in [4.78, 5) is 16.7.